The molecule has 7 nitrogen and oxygen atoms in total. The van der Waals surface area contributed by atoms with Gasteiger partial charge in [-0.2, -0.15) is 5.26 Å². The largest absolute Gasteiger partial charge is 0.300 e. The van der Waals surface area contributed by atoms with Crippen LogP contribution in [0.15, 0.2) is 21.5 Å². The first-order valence-corrected chi connectivity index (χ1v) is 8.51. The maximum Gasteiger partial charge on any atom is 0.247 e. The van der Waals surface area contributed by atoms with Gasteiger partial charge in [-0.05, 0) is 6.92 Å². The topological polar surface area (TPSA) is 105 Å². The van der Waals surface area contributed by atoms with E-state index in [1.165, 1.54) is 17.5 Å². The fourth-order valence-electron chi connectivity index (χ4n) is 2.06. The molecule has 3 aromatic heterocycles. The maximum absolute atomic E-state index is 12.3. The lowest BCUT2D eigenvalue weighted by atomic mass is 10.2. The van der Waals surface area contributed by atoms with E-state index in [4.69, 9.17) is 0 Å². The molecule has 0 aliphatic rings. The summed E-state index contributed by atoms with van der Waals surface area (Å²) in [6, 6.07) is 1.87. The van der Waals surface area contributed by atoms with Gasteiger partial charge in [0.2, 0.25) is 20.4 Å². The molecule has 0 aliphatic heterocycles. The van der Waals surface area contributed by atoms with Gasteiger partial charge in [-0.1, -0.05) is 0 Å². The Labute approximate surface area is 123 Å². The molecule has 0 N–H and O–H groups in total. The zero-order valence-corrected chi connectivity index (χ0v) is 12.6. The highest BCUT2D eigenvalue weighted by Gasteiger charge is 2.19. The quantitative estimate of drug-likeness (QED) is 0.616. The van der Waals surface area contributed by atoms with Crippen LogP contribution in [0.3, 0.4) is 0 Å². The lowest BCUT2D eigenvalue weighted by Crippen LogP contribution is -2.15. The van der Waals surface area contributed by atoms with Crippen LogP contribution in [-0.4, -0.2) is 29.0 Å². The number of aryl methyl sites for hydroxylation is 1. The lowest BCUT2D eigenvalue weighted by Gasteiger charge is -2.05. The summed E-state index contributed by atoms with van der Waals surface area (Å²) in [4.78, 5) is 20.5. The number of rotatable bonds is 1. The Morgan fingerprint density at radius 3 is 2.76 bits per heavy atom. The molecular weight excluding hydrogens is 312 g/mol. The highest BCUT2D eigenvalue weighted by Crippen LogP contribution is 2.23. The Balaban J connectivity index is 2.64. The molecule has 0 atom stereocenters. The van der Waals surface area contributed by atoms with Crippen molar-refractivity contribution in [3.05, 3.63) is 33.1 Å². The van der Waals surface area contributed by atoms with Gasteiger partial charge in [-0.15, -0.1) is 11.3 Å². The van der Waals surface area contributed by atoms with Gasteiger partial charge in [0.15, 0.2) is 0 Å². The fourth-order valence-corrected chi connectivity index (χ4v) is 3.55. The minimum Gasteiger partial charge on any atom is -0.300 e. The molecule has 0 saturated heterocycles. The van der Waals surface area contributed by atoms with Crippen LogP contribution in [0.1, 0.15) is 11.3 Å². The monoisotopic (exact) mass is 320 g/mol. The van der Waals surface area contributed by atoms with Crippen molar-refractivity contribution in [2.45, 2.75) is 12.1 Å². The number of hydrogen-bond acceptors (Lipinski definition) is 7. The van der Waals surface area contributed by atoms with Crippen LogP contribution in [0.5, 0.6) is 0 Å². The first kappa shape index (κ1) is 13.7. The van der Waals surface area contributed by atoms with Gasteiger partial charge in [0.25, 0.3) is 0 Å². The molecule has 0 aromatic carbocycles. The van der Waals surface area contributed by atoms with Gasteiger partial charge in [-0.3, -0.25) is 4.79 Å². The van der Waals surface area contributed by atoms with Crippen molar-refractivity contribution in [3.63, 3.8) is 0 Å². The van der Waals surface area contributed by atoms with Crippen molar-refractivity contribution in [1.82, 2.24) is 14.4 Å². The molecule has 0 spiro atoms. The summed E-state index contributed by atoms with van der Waals surface area (Å²) < 4.78 is 24.7. The third-order valence-electron chi connectivity index (χ3n) is 2.98. The van der Waals surface area contributed by atoms with Crippen LogP contribution in [0, 0.1) is 18.3 Å². The number of pyridine rings is 1. The first-order chi connectivity index (χ1) is 9.84. The Morgan fingerprint density at radius 2 is 2.14 bits per heavy atom. The van der Waals surface area contributed by atoms with Gasteiger partial charge >= 0.3 is 0 Å². The van der Waals surface area contributed by atoms with E-state index < -0.39 is 20.4 Å². The number of nitriles is 1. The molecule has 0 aliphatic carbocycles. The van der Waals surface area contributed by atoms with Crippen molar-refractivity contribution in [1.29, 1.82) is 5.26 Å². The molecule has 0 saturated carbocycles. The van der Waals surface area contributed by atoms with Gasteiger partial charge in [0, 0.05) is 17.3 Å². The van der Waals surface area contributed by atoms with E-state index in [1.807, 2.05) is 13.0 Å². The number of sulfone groups is 1. The molecule has 21 heavy (non-hydrogen) atoms. The number of aromatic nitrogens is 3. The summed E-state index contributed by atoms with van der Waals surface area (Å²) in [7, 11) is -3.63. The maximum atomic E-state index is 12.3. The summed E-state index contributed by atoms with van der Waals surface area (Å²) >= 11 is 1.27. The van der Waals surface area contributed by atoms with Gasteiger partial charge in [0.05, 0.1) is 11.7 Å². The van der Waals surface area contributed by atoms with Gasteiger partial charge in [-0.25, -0.2) is 18.4 Å². The van der Waals surface area contributed by atoms with Crippen molar-refractivity contribution in [3.8, 4) is 6.07 Å². The first-order valence-electron chi connectivity index (χ1n) is 5.74. The molecule has 0 bridgehead atoms. The van der Waals surface area contributed by atoms with E-state index in [-0.39, 0.29) is 11.1 Å². The van der Waals surface area contributed by atoms with E-state index >= 15 is 0 Å². The molecule has 0 amide bonds. The Hall–Kier alpha value is -2.31. The number of nitrogens with zero attached hydrogens (tertiary/aromatic N) is 4. The van der Waals surface area contributed by atoms with Crippen LogP contribution in [0.4, 0.5) is 0 Å². The minimum absolute atomic E-state index is 0.0428. The van der Waals surface area contributed by atoms with Crippen LogP contribution >= 0.6 is 11.3 Å². The van der Waals surface area contributed by atoms with Crippen molar-refractivity contribution in [2.24, 2.45) is 0 Å². The highest BCUT2D eigenvalue weighted by molar-refractivity contribution is 7.90. The van der Waals surface area contributed by atoms with Crippen LogP contribution in [-0.2, 0) is 9.84 Å². The summed E-state index contributed by atoms with van der Waals surface area (Å²) in [5, 5.41) is 10.6. The van der Waals surface area contributed by atoms with Gasteiger partial charge in [0.1, 0.15) is 22.0 Å². The van der Waals surface area contributed by atoms with E-state index in [1.54, 1.807) is 9.78 Å². The summed E-state index contributed by atoms with van der Waals surface area (Å²) in [5.74, 6) is 0. The minimum atomic E-state index is -3.63. The van der Waals surface area contributed by atoms with E-state index in [2.05, 4.69) is 9.97 Å². The molecule has 3 heterocycles. The average molecular weight is 320 g/mol. The van der Waals surface area contributed by atoms with Crippen LogP contribution < -0.4 is 5.43 Å². The van der Waals surface area contributed by atoms with Crippen molar-refractivity contribution >= 4 is 37.0 Å². The predicted octanol–water partition coefficient (Wildman–Crippen LogP) is 0.888. The third-order valence-corrected chi connectivity index (χ3v) is 4.91. The molecule has 0 unspecified atom stereocenters. The van der Waals surface area contributed by atoms with Crippen LogP contribution in [0.25, 0.3) is 15.9 Å². The zero-order chi connectivity index (χ0) is 15.4. The molecule has 106 valence electrons. The second-order valence-electron chi connectivity index (χ2n) is 4.49. The Bertz CT molecular complexity index is 1100. The molecule has 9 heteroatoms. The molecule has 0 radical (unpaired) electrons. The molecule has 3 aromatic rings. The van der Waals surface area contributed by atoms with Gasteiger partial charge < -0.3 is 4.40 Å². The smallest absolute Gasteiger partial charge is 0.247 e. The fraction of sp³-hybridized carbons (Fsp3) is 0.167. The lowest BCUT2D eigenvalue weighted by molar-refractivity contribution is 0.593. The standard InChI is InChI=1S/C12H8N4O3S2/c1-6-5-20-11-7(3-13)10(17)9-8(16(6)11)4-14-12(15-9)21(2,18)19/h4-5H,1-2H3. The SMILES string of the molecule is Cc1csc2c(C#N)c(=O)c3nc(S(C)(=O)=O)ncc3n12. The second kappa shape index (κ2) is 4.34. The molecule has 0 fully saturated rings. The van der Waals surface area contributed by atoms with Crippen molar-refractivity contribution in [2.75, 3.05) is 6.26 Å². The van der Waals surface area contributed by atoms with Crippen LogP contribution in [0.2, 0.25) is 0 Å². The van der Waals surface area contributed by atoms with Crippen molar-refractivity contribution < 1.29 is 8.42 Å². The molecular formula is C12H8N4O3S2. The third kappa shape index (κ3) is 1.91. The Morgan fingerprint density at radius 1 is 1.43 bits per heavy atom. The summed E-state index contributed by atoms with van der Waals surface area (Å²) in [6.45, 7) is 1.82. The second-order valence-corrected chi connectivity index (χ2v) is 7.26. The number of hydrogen-bond donors (Lipinski definition) is 0. The number of thiazole rings is 1. The predicted molar refractivity (Wildman–Crippen MR) is 77.2 cm³/mol. The van der Waals surface area contributed by atoms with E-state index in [0.29, 0.717) is 10.3 Å². The summed E-state index contributed by atoms with van der Waals surface area (Å²) in [5.41, 5.74) is 0.508. The summed E-state index contributed by atoms with van der Waals surface area (Å²) in [6.07, 6.45) is 2.26. The average Bonchev–Trinajstić information content (AvgIpc) is 2.80. The zero-order valence-electron chi connectivity index (χ0n) is 11.0. The Kier molecular flexibility index (Phi) is 2.82. The number of fused-ring (bicyclic) bond motifs is 3. The highest BCUT2D eigenvalue weighted by atomic mass is 32.2. The van der Waals surface area contributed by atoms with E-state index in [0.717, 1.165) is 11.9 Å². The molecule has 3 rings (SSSR count). The normalized spacial score (nSPS) is 11.9. The van der Waals surface area contributed by atoms with E-state index in [9.17, 15) is 18.5 Å².